The maximum Gasteiger partial charge on any atom is 0.166 e. The van der Waals surface area contributed by atoms with E-state index in [1.165, 1.54) is 16.5 Å². The van der Waals surface area contributed by atoms with Crippen LogP contribution in [-0.4, -0.2) is 10.9 Å². The summed E-state index contributed by atoms with van der Waals surface area (Å²) >= 11 is 0. The van der Waals surface area contributed by atoms with Gasteiger partial charge in [-0.25, -0.2) is 0 Å². The molecule has 1 heterocycles. The molecule has 2 rings (SSSR count). The maximum absolute atomic E-state index is 11.0. The minimum absolute atomic E-state index is 0.783. The van der Waals surface area contributed by atoms with Gasteiger partial charge in [0.1, 0.15) is 0 Å². The van der Waals surface area contributed by atoms with Crippen LogP contribution in [0.4, 0.5) is 0 Å². The van der Waals surface area contributed by atoms with Crippen LogP contribution in [0, 0.1) is 6.92 Å². The van der Waals surface area contributed by atoms with Crippen molar-refractivity contribution in [2.75, 3.05) is 0 Å². The van der Waals surface area contributed by atoms with Gasteiger partial charge in [0.05, 0.1) is 11.2 Å². The summed E-state index contributed by atoms with van der Waals surface area (Å²) in [5.74, 6) is 0. The number of aryl methyl sites for hydroxylation is 3. The summed E-state index contributed by atoms with van der Waals surface area (Å²) in [6.07, 6.45) is 1.93. The fourth-order valence-corrected chi connectivity index (χ4v) is 2.25. The van der Waals surface area contributed by atoms with E-state index in [9.17, 15) is 4.79 Å². The predicted octanol–water partition coefficient (Wildman–Crippen LogP) is 2.86. The Morgan fingerprint density at radius 2 is 2.13 bits per heavy atom. The van der Waals surface area contributed by atoms with Crippen molar-refractivity contribution >= 4 is 17.2 Å². The van der Waals surface area contributed by atoms with E-state index >= 15 is 0 Å². The van der Waals surface area contributed by atoms with Crippen LogP contribution in [0.15, 0.2) is 18.2 Å². The molecule has 0 aliphatic rings. The van der Waals surface area contributed by atoms with Gasteiger partial charge >= 0.3 is 0 Å². The summed E-state index contributed by atoms with van der Waals surface area (Å²) in [4.78, 5) is 11.0. The molecular weight excluding hydrogens is 186 g/mol. The molecule has 0 aliphatic carbocycles. The molecule has 0 atom stereocenters. The molecule has 0 aliphatic heterocycles. The van der Waals surface area contributed by atoms with Crippen LogP contribution in [0.2, 0.25) is 0 Å². The smallest absolute Gasteiger partial charge is 0.166 e. The number of benzene rings is 1. The number of carbonyl (C=O) groups is 1. The third-order valence-corrected chi connectivity index (χ3v) is 3.10. The first-order valence-electron chi connectivity index (χ1n) is 5.22. The first-order valence-corrected chi connectivity index (χ1v) is 5.22. The van der Waals surface area contributed by atoms with Crippen molar-refractivity contribution in [3.63, 3.8) is 0 Å². The highest BCUT2D eigenvalue weighted by Gasteiger charge is 2.12. The average Bonchev–Trinajstić information content (AvgIpc) is 2.51. The molecule has 0 saturated heterocycles. The lowest BCUT2D eigenvalue weighted by atomic mass is 10.1. The first kappa shape index (κ1) is 9.97. The molecule has 2 aromatic rings. The first-order chi connectivity index (χ1) is 7.20. The molecule has 2 heteroatoms. The zero-order valence-electron chi connectivity index (χ0n) is 9.37. The molecule has 1 aromatic heterocycles. The number of hydrogen-bond donors (Lipinski definition) is 0. The third-order valence-electron chi connectivity index (χ3n) is 3.10. The van der Waals surface area contributed by atoms with Crippen LogP contribution >= 0.6 is 0 Å². The van der Waals surface area contributed by atoms with Crippen molar-refractivity contribution < 1.29 is 4.79 Å². The maximum atomic E-state index is 11.0. The van der Waals surface area contributed by atoms with E-state index in [0.717, 1.165) is 24.0 Å². The third kappa shape index (κ3) is 1.29. The number of fused-ring (bicyclic) bond motifs is 1. The highest BCUT2D eigenvalue weighted by atomic mass is 16.1. The molecule has 0 saturated carbocycles. The molecule has 1 aromatic carbocycles. The minimum Gasteiger partial charge on any atom is -0.341 e. The fourth-order valence-electron chi connectivity index (χ4n) is 2.25. The second kappa shape index (κ2) is 3.54. The molecule has 0 amide bonds. The van der Waals surface area contributed by atoms with Crippen LogP contribution in [0.1, 0.15) is 28.5 Å². The van der Waals surface area contributed by atoms with Crippen molar-refractivity contribution in [2.45, 2.75) is 20.3 Å². The molecule has 0 bridgehead atoms. The van der Waals surface area contributed by atoms with Gasteiger partial charge in [0.2, 0.25) is 0 Å². The molecule has 0 unspecified atom stereocenters. The van der Waals surface area contributed by atoms with Gasteiger partial charge < -0.3 is 4.57 Å². The Bertz CT molecular complexity index is 523. The lowest BCUT2D eigenvalue weighted by Crippen LogP contribution is -1.97. The number of aromatic nitrogens is 1. The zero-order chi connectivity index (χ0) is 11.0. The number of hydrogen-bond acceptors (Lipinski definition) is 1. The summed E-state index contributed by atoms with van der Waals surface area (Å²) in [6, 6.07) is 6.26. The number of nitrogens with zero attached hydrogens (tertiary/aromatic N) is 1. The Labute approximate surface area is 89.5 Å². The monoisotopic (exact) mass is 201 g/mol. The topological polar surface area (TPSA) is 22.0 Å². The van der Waals surface area contributed by atoms with Crippen molar-refractivity contribution in [2.24, 2.45) is 7.05 Å². The normalized spacial score (nSPS) is 10.9. The molecule has 2 nitrogen and oxygen atoms in total. The van der Waals surface area contributed by atoms with Crippen molar-refractivity contribution in [3.05, 3.63) is 35.0 Å². The van der Waals surface area contributed by atoms with Crippen LogP contribution in [-0.2, 0) is 13.5 Å². The predicted molar refractivity (Wildman–Crippen MR) is 62.4 cm³/mol. The van der Waals surface area contributed by atoms with E-state index in [2.05, 4.69) is 25.1 Å². The molecule has 0 fully saturated rings. The molecule has 0 radical (unpaired) electrons. The van der Waals surface area contributed by atoms with Gasteiger partial charge in [-0.3, -0.25) is 4.79 Å². The van der Waals surface area contributed by atoms with Gasteiger partial charge in [-0.05, 0) is 24.5 Å². The summed E-state index contributed by atoms with van der Waals surface area (Å²) in [5.41, 5.74) is 4.36. The van der Waals surface area contributed by atoms with Crippen molar-refractivity contribution in [1.82, 2.24) is 4.57 Å². The number of carbonyl (C=O) groups excluding carboxylic acids is 1. The van der Waals surface area contributed by atoms with Crippen LogP contribution in [0.5, 0.6) is 0 Å². The number of aldehydes is 1. The lowest BCUT2D eigenvalue weighted by Gasteiger charge is -2.03. The van der Waals surface area contributed by atoms with E-state index in [1.54, 1.807) is 0 Å². The second-order valence-electron chi connectivity index (χ2n) is 3.85. The minimum atomic E-state index is 0.783. The Hall–Kier alpha value is -1.57. The molecule has 0 N–H and O–H groups in total. The van der Waals surface area contributed by atoms with Gasteiger partial charge in [-0.2, -0.15) is 0 Å². The standard InChI is InChI=1S/C13H15NO/c1-4-10-6-5-7-11-9(2)12(8-15)14(3)13(10)11/h5-8H,4H2,1-3H3. The Morgan fingerprint density at radius 3 is 2.73 bits per heavy atom. The summed E-state index contributed by atoms with van der Waals surface area (Å²) in [5, 5.41) is 1.19. The largest absolute Gasteiger partial charge is 0.341 e. The van der Waals surface area contributed by atoms with Crippen LogP contribution < -0.4 is 0 Å². The molecule has 15 heavy (non-hydrogen) atoms. The number of rotatable bonds is 2. The summed E-state index contributed by atoms with van der Waals surface area (Å²) in [7, 11) is 1.96. The van der Waals surface area contributed by atoms with E-state index in [-0.39, 0.29) is 0 Å². The van der Waals surface area contributed by atoms with E-state index in [1.807, 2.05) is 18.5 Å². The van der Waals surface area contributed by atoms with Gasteiger partial charge in [-0.1, -0.05) is 25.1 Å². The number of para-hydroxylation sites is 1. The van der Waals surface area contributed by atoms with Gasteiger partial charge in [-0.15, -0.1) is 0 Å². The highest BCUT2D eigenvalue weighted by Crippen LogP contribution is 2.26. The SMILES string of the molecule is CCc1cccc2c(C)c(C=O)n(C)c12. The summed E-state index contributed by atoms with van der Waals surface area (Å²) in [6.45, 7) is 4.14. The molecule has 0 spiro atoms. The Balaban J connectivity index is 2.94. The zero-order valence-corrected chi connectivity index (χ0v) is 9.37. The van der Waals surface area contributed by atoms with Gasteiger partial charge in [0.25, 0.3) is 0 Å². The quantitative estimate of drug-likeness (QED) is 0.685. The van der Waals surface area contributed by atoms with E-state index < -0.39 is 0 Å². The van der Waals surface area contributed by atoms with Crippen LogP contribution in [0.25, 0.3) is 10.9 Å². The van der Waals surface area contributed by atoms with Crippen LogP contribution in [0.3, 0.4) is 0 Å². The summed E-state index contributed by atoms with van der Waals surface area (Å²) < 4.78 is 2.00. The second-order valence-corrected chi connectivity index (χ2v) is 3.85. The lowest BCUT2D eigenvalue weighted by molar-refractivity contribution is 0.111. The van der Waals surface area contributed by atoms with E-state index in [0.29, 0.717) is 0 Å². The molecular formula is C13H15NO. The van der Waals surface area contributed by atoms with Crippen molar-refractivity contribution in [3.8, 4) is 0 Å². The molecule has 78 valence electrons. The average molecular weight is 201 g/mol. The Kier molecular flexibility index (Phi) is 2.35. The van der Waals surface area contributed by atoms with E-state index in [4.69, 9.17) is 0 Å². The van der Waals surface area contributed by atoms with Gasteiger partial charge in [0.15, 0.2) is 6.29 Å². The Morgan fingerprint density at radius 1 is 1.40 bits per heavy atom. The highest BCUT2D eigenvalue weighted by molar-refractivity contribution is 5.94. The van der Waals surface area contributed by atoms with Crippen molar-refractivity contribution in [1.29, 1.82) is 0 Å². The van der Waals surface area contributed by atoms with Gasteiger partial charge in [0, 0.05) is 12.4 Å². The fraction of sp³-hybridized carbons (Fsp3) is 0.308.